The van der Waals surface area contributed by atoms with Crippen LogP contribution in [0.15, 0.2) is 24.3 Å². The number of hydrogen-bond donors (Lipinski definition) is 2. The molecular weight excluding hydrogens is 450 g/mol. The normalized spacial score (nSPS) is 35.1. The molecule has 1 aromatic rings. The summed E-state index contributed by atoms with van der Waals surface area (Å²) >= 11 is 3.51. The number of nitrogens with zero attached hydrogens (tertiary/aromatic N) is 2. The van der Waals surface area contributed by atoms with Crippen molar-refractivity contribution in [2.24, 2.45) is 17.8 Å². The lowest BCUT2D eigenvalue weighted by molar-refractivity contribution is -0.160. The second-order valence-corrected chi connectivity index (χ2v) is 9.32. The Morgan fingerprint density at radius 3 is 2.90 bits per heavy atom. The van der Waals surface area contributed by atoms with Crippen LogP contribution in [-0.4, -0.2) is 53.0 Å². The van der Waals surface area contributed by atoms with Gasteiger partial charge < -0.3 is 20.1 Å². The summed E-state index contributed by atoms with van der Waals surface area (Å²) in [5.74, 6) is -1.18. The van der Waals surface area contributed by atoms with E-state index in [1.165, 1.54) is 7.11 Å². The number of carbonyl (C=O) groups is 2. The van der Waals surface area contributed by atoms with Crippen molar-refractivity contribution in [1.82, 2.24) is 4.90 Å². The Bertz CT molecular complexity index is 887. The quantitative estimate of drug-likeness (QED) is 0.393. The van der Waals surface area contributed by atoms with E-state index >= 15 is 0 Å². The van der Waals surface area contributed by atoms with E-state index in [2.05, 4.69) is 27.4 Å². The molecule has 1 aromatic carbocycles. The number of likely N-dealkylation sites (tertiary alicyclic amines) is 1. The molecule has 30 heavy (non-hydrogen) atoms. The number of rotatable bonds is 4. The SMILES string of the molecule is COC(=O)[C@@H]1[C@H]2C[C@@H]([C@@]3(CCBr)C(=O)Nc4ccccc43)N(C#N)C[C@@H]2CC[C@@H]1O. The first kappa shape index (κ1) is 21.1. The van der Waals surface area contributed by atoms with Crippen molar-refractivity contribution in [3.05, 3.63) is 29.8 Å². The predicted octanol–water partition coefficient (Wildman–Crippen LogP) is 2.39. The number of nitrogens with one attached hydrogen (secondary N) is 1. The Balaban J connectivity index is 1.79. The van der Waals surface area contributed by atoms with E-state index in [4.69, 9.17) is 4.74 Å². The number of esters is 1. The number of benzene rings is 1. The summed E-state index contributed by atoms with van der Waals surface area (Å²) in [5, 5.41) is 24.2. The van der Waals surface area contributed by atoms with Crippen LogP contribution in [0.4, 0.5) is 5.69 Å². The molecule has 3 aliphatic rings. The average Bonchev–Trinajstić information content (AvgIpc) is 3.04. The fourth-order valence-corrected chi connectivity index (χ4v) is 6.59. The molecule has 1 aliphatic carbocycles. The summed E-state index contributed by atoms with van der Waals surface area (Å²) < 4.78 is 5.01. The summed E-state index contributed by atoms with van der Waals surface area (Å²) in [6.45, 7) is 0.478. The summed E-state index contributed by atoms with van der Waals surface area (Å²) in [5.41, 5.74) is 0.768. The molecule has 8 heteroatoms. The number of amides is 1. The fourth-order valence-electron chi connectivity index (χ4n) is 5.97. The lowest BCUT2D eigenvalue weighted by Gasteiger charge is -2.52. The number of anilines is 1. The Morgan fingerprint density at radius 1 is 1.43 bits per heavy atom. The van der Waals surface area contributed by atoms with Crippen molar-refractivity contribution in [2.75, 3.05) is 24.3 Å². The second kappa shape index (κ2) is 8.20. The van der Waals surface area contributed by atoms with Crippen molar-refractivity contribution in [1.29, 1.82) is 5.26 Å². The van der Waals surface area contributed by atoms with Crippen LogP contribution in [0.1, 0.15) is 31.2 Å². The van der Waals surface area contributed by atoms with Gasteiger partial charge in [-0.15, -0.1) is 0 Å². The largest absolute Gasteiger partial charge is 0.469 e. The number of ether oxygens (including phenoxy) is 1. The molecule has 1 saturated carbocycles. The lowest BCUT2D eigenvalue weighted by Crippen LogP contribution is -2.61. The van der Waals surface area contributed by atoms with E-state index in [1.807, 2.05) is 24.3 Å². The number of fused-ring (bicyclic) bond motifs is 2. The van der Waals surface area contributed by atoms with Gasteiger partial charge in [0.15, 0.2) is 6.19 Å². The number of halogens is 1. The molecule has 0 bridgehead atoms. The molecule has 0 aromatic heterocycles. The molecule has 2 fully saturated rings. The fraction of sp³-hybridized carbons (Fsp3) is 0.591. The van der Waals surface area contributed by atoms with Crippen LogP contribution in [0.2, 0.25) is 0 Å². The molecule has 160 valence electrons. The van der Waals surface area contributed by atoms with Crippen LogP contribution in [0.3, 0.4) is 0 Å². The van der Waals surface area contributed by atoms with Crippen LogP contribution in [0.25, 0.3) is 0 Å². The van der Waals surface area contributed by atoms with Crippen LogP contribution in [0, 0.1) is 29.2 Å². The minimum atomic E-state index is -0.899. The van der Waals surface area contributed by atoms with Gasteiger partial charge in [-0.05, 0) is 49.1 Å². The molecule has 2 N–H and O–H groups in total. The molecule has 1 amide bonds. The number of nitriles is 1. The predicted molar refractivity (Wildman–Crippen MR) is 114 cm³/mol. The Morgan fingerprint density at radius 2 is 2.20 bits per heavy atom. The van der Waals surface area contributed by atoms with Crippen LogP contribution in [-0.2, 0) is 19.7 Å². The summed E-state index contributed by atoms with van der Waals surface area (Å²) in [6, 6.07) is 7.22. The van der Waals surface area contributed by atoms with E-state index in [9.17, 15) is 20.0 Å². The van der Waals surface area contributed by atoms with Gasteiger partial charge in [0.1, 0.15) is 0 Å². The van der Waals surface area contributed by atoms with Gasteiger partial charge in [-0.25, -0.2) is 0 Å². The van der Waals surface area contributed by atoms with Crippen molar-refractivity contribution >= 4 is 33.5 Å². The maximum atomic E-state index is 13.4. The molecule has 6 atom stereocenters. The first-order valence-electron chi connectivity index (χ1n) is 10.4. The first-order chi connectivity index (χ1) is 14.5. The molecule has 0 radical (unpaired) electrons. The second-order valence-electron chi connectivity index (χ2n) is 8.53. The molecule has 7 nitrogen and oxygen atoms in total. The first-order valence-corrected chi connectivity index (χ1v) is 11.5. The highest BCUT2D eigenvalue weighted by atomic mass is 79.9. The van der Waals surface area contributed by atoms with Crippen LogP contribution in [0.5, 0.6) is 0 Å². The van der Waals surface area contributed by atoms with Gasteiger partial charge in [0.2, 0.25) is 5.91 Å². The Labute approximate surface area is 184 Å². The molecular formula is C22H26BrN3O4. The molecule has 2 heterocycles. The van der Waals surface area contributed by atoms with Crippen molar-refractivity contribution in [3.8, 4) is 6.19 Å². The van der Waals surface area contributed by atoms with E-state index in [0.29, 0.717) is 31.1 Å². The zero-order valence-corrected chi connectivity index (χ0v) is 18.5. The highest BCUT2D eigenvalue weighted by Crippen LogP contribution is 2.51. The minimum absolute atomic E-state index is 0.106. The summed E-state index contributed by atoms with van der Waals surface area (Å²) in [4.78, 5) is 27.7. The third kappa shape index (κ3) is 3.10. The van der Waals surface area contributed by atoms with Gasteiger partial charge in [-0.1, -0.05) is 34.1 Å². The third-order valence-corrected chi connectivity index (χ3v) is 7.73. The number of aliphatic hydroxyl groups is 1. The molecule has 0 unspecified atom stereocenters. The number of hydrogen-bond acceptors (Lipinski definition) is 6. The monoisotopic (exact) mass is 475 g/mol. The number of aliphatic hydroxyl groups excluding tert-OH is 1. The average molecular weight is 476 g/mol. The van der Waals surface area contributed by atoms with Crippen LogP contribution >= 0.6 is 15.9 Å². The number of carbonyl (C=O) groups excluding carboxylic acids is 2. The number of methoxy groups -OCH3 is 1. The minimum Gasteiger partial charge on any atom is -0.469 e. The van der Waals surface area contributed by atoms with Gasteiger partial charge in [0, 0.05) is 17.6 Å². The van der Waals surface area contributed by atoms with Gasteiger partial charge in [0.25, 0.3) is 0 Å². The third-order valence-electron chi connectivity index (χ3n) is 7.34. The van der Waals surface area contributed by atoms with Crippen LogP contribution < -0.4 is 5.32 Å². The van der Waals surface area contributed by atoms with E-state index in [-0.39, 0.29) is 17.7 Å². The number of para-hydroxylation sites is 1. The maximum absolute atomic E-state index is 13.4. The number of piperidine rings is 1. The Kier molecular flexibility index (Phi) is 5.78. The Hall–Kier alpha value is -2.11. The summed E-state index contributed by atoms with van der Waals surface area (Å²) in [7, 11) is 1.34. The summed E-state index contributed by atoms with van der Waals surface area (Å²) in [6.07, 6.45) is 3.84. The van der Waals surface area contributed by atoms with Gasteiger partial charge in [0.05, 0.1) is 30.6 Å². The van der Waals surface area contributed by atoms with Crippen molar-refractivity contribution < 1.29 is 19.4 Å². The van der Waals surface area contributed by atoms with Gasteiger partial charge in [-0.2, -0.15) is 5.26 Å². The molecule has 4 rings (SSSR count). The van der Waals surface area contributed by atoms with Gasteiger partial charge >= 0.3 is 5.97 Å². The molecule has 0 spiro atoms. The maximum Gasteiger partial charge on any atom is 0.311 e. The zero-order chi connectivity index (χ0) is 21.5. The van der Waals surface area contributed by atoms with E-state index < -0.39 is 29.4 Å². The topological polar surface area (TPSA) is 103 Å². The zero-order valence-electron chi connectivity index (χ0n) is 16.9. The molecule has 2 aliphatic heterocycles. The number of alkyl halides is 1. The highest BCUT2D eigenvalue weighted by molar-refractivity contribution is 9.09. The van der Waals surface area contributed by atoms with Crippen molar-refractivity contribution in [3.63, 3.8) is 0 Å². The smallest absolute Gasteiger partial charge is 0.311 e. The van der Waals surface area contributed by atoms with E-state index in [1.54, 1.807) is 4.90 Å². The van der Waals surface area contributed by atoms with E-state index in [0.717, 1.165) is 17.7 Å². The molecule has 1 saturated heterocycles. The standard InChI is InChI=1S/C22H26BrN3O4/c1-30-20(28)19-14-10-18(26(12-24)11-13(14)6-7-17(19)27)22(8-9-23)15-4-2-3-5-16(15)25-21(22)29/h2-5,13-14,17-19,27H,6-11H2,1H3,(H,25,29)/t13-,14-,17-,18-,19+,22-/m0/s1. The highest BCUT2D eigenvalue weighted by Gasteiger charge is 2.58. The lowest BCUT2D eigenvalue weighted by atomic mass is 9.60. The van der Waals surface area contributed by atoms with Gasteiger partial charge in [-0.3, -0.25) is 9.59 Å². The van der Waals surface area contributed by atoms with Crippen molar-refractivity contribution in [2.45, 2.75) is 43.2 Å².